The number of rotatable bonds is 8. The molecule has 0 saturated heterocycles. The van der Waals surface area contributed by atoms with Crippen molar-refractivity contribution in [2.45, 2.75) is 19.9 Å². The lowest BCUT2D eigenvalue weighted by Gasteiger charge is -2.16. The summed E-state index contributed by atoms with van der Waals surface area (Å²) < 4.78 is 5.12. The zero-order valence-corrected chi connectivity index (χ0v) is 15.6. The molecular formula is C17H22ClN3O3S. The first-order valence-electron chi connectivity index (χ1n) is 7.77. The Kier molecular flexibility index (Phi) is 9.12. The van der Waals surface area contributed by atoms with Gasteiger partial charge in [0, 0.05) is 18.5 Å². The van der Waals surface area contributed by atoms with Crippen molar-refractivity contribution >= 4 is 35.6 Å². The van der Waals surface area contributed by atoms with Crippen molar-refractivity contribution in [3.05, 3.63) is 52.0 Å². The van der Waals surface area contributed by atoms with Crippen molar-refractivity contribution in [2.24, 2.45) is 11.7 Å². The molecule has 0 spiro atoms. The quantitative estimate of drug-likeness (QED) is 0.681. The average Bonchev–Trinajstić information content (AvgIpc) is 3.08. The van der Waals surface area contributed by atoms with Crippen molar-refractivity contribution in [1.82, 2.24) is 10.3 Å². The molecule has 0 bridgehead atoms. The van der Waals surface area contributed by atoms with Crippen LogP contribution in [0.5, 0.6) is 0 Å². The molecule has 0 fully saturated rings. The van der Waals surface area contributed by atoms with Crippen LogP contribution in [0.25, 0.3) is 0 Å². The van der Waals surface area contributed by atoms with E-state index in [0.29, 0.717) is 30.3 Å². The molecule has 2 aromatic rings. The fourth-order valence-corrected chi connectivity index (χ4v) is 2.87. The highest BCUT2D eigenvalue weighted by Crippen LogP contribution is 2.12. The smallest absolute Gasteiger partial charge is 0.311 e. The third-order valence-corrected chi connectivity index (χ3v) is 4.28. The van der Waals surface area contributed by atoms with Crippen molar-refractivity contribution in [3.8, 4) is 0 Å². The van der Waals surface area contributed by atoms with Crippen LogP contribution in [0.1, 0.15) is 28.0 Å². The molecule has 1 atom stereocenters. The van der Waals surface area contributed by atoms with E-state index < -0.39 is 5.92 Å². The van der Waals surface area contributed by atoms with Gasteiger partial charge in [0.1, 0.15) is 10.7 Å². The number of nitrogens with one attached hydrogen (secondary N) is 1. The van der Waals surface area contributed by atoms with Crippen molar-refractivity contribution in [3.63, 3.8) is 0 Å². The Morgan fingerprint density at radius 2 is 2.04 bits per heavy atom. The summed E-state index contributed by atoms with van der Waals surface area (Å²) in [5.41, 5.74) is 6.84. The van der Waals surface area contributed by atoms with Crippen LogP contribution in [-0.2, 0) is 22.5 Å². The third-order valence-electron chi connectivity index (χ3n) is 3.41. The molecule has 1 aromatic carbocycles. The monoisotopic (exact) mass is 383 g/mol. The Morgan fingerprint density at radius 1 is 1.32 bits per heavy atom. The van der Waals surface area contributed by atoms with Crippen LogP contribution in [0.2, 0.25) is 0 Å². The summed E-state index contributed by atoms with van der Waals surface area (Å²) in [6.45, 7) is 2.57. The summed E-state index contributed by atoms with van der Waals surface area (Å²) in [6.07, 6.45) is 0.505. The predicted molar refractivity (Wildman–Crippen MR) is 99.9 cm³/mol. The van der Waals surface area contributed by atoms with Crippen LogP contribution in [0.4, 0.5) is 0 Å². The molecule has 6 nitrogen and oxygen atoms in total. The SMILES string of the molecule is CCOC(=O)C(CNC(=O)c1csc(CN)n1)Cc1ccccc1.Cl. The van der Waals surface area contributed by atoms with Gasteiger partial charge in [-0.25, -0.2) is 4.98 Å². The Hall–Kier alpha value is -1.96. The van der Waals surface area contributed by atoms with Gasteiger partial charge in [0.05, 0.1) is 12.5 Å². The lowest BCUT2D eigenvalue weighted by Crippen LogP contribution is -2.35. The number of halogens is 1. The Bertz CT molecular complexity index is 679. The molecule has 0 aliphatic rings. The van der Waals surface area contributed by atoms with Crippen molar-refractivity contribution in [1.29, 1.82) is 0 Å². The zero-order valence-electron chi connectivity index (χ0n) is 13.9. The van der Waals surface area contributed by atoms with E-state index >= 15 is 0 Å². The standard InChI is InChI=1S/C17H21N3O3S.ClH/c1-2-23-17(22)13(8-12-6-4-3-5-7-12)10-19-16(21)14-11-24-15(9-18)20-14;/h3-7,11,13H,2,8-10,18H2,1H3,(H,19,21);1H. The number of carbonyl (C=O) groups is 2. The van der Waals surface area contributed by atoms with Crippen LogP contribution in [0.3, 0.4) is 0 Å². The van der Waals surface area contributed by atoms with Gasteiger partial charge in [0.25, 0.3) is 5.91 Å². The van der Waals surface area contributed by atoms with Gasteiger partial charge >= 0.3 is 5.97 Å². The van der Waals surface area contributed by atoms with E-state index in [9.17, 15) is 9.59 Å². The predicted octanol–water partition coefficient (Wildman–Crippen LogP) is 2.18. The normalized spacial score (nSPS) is 11.3. The fraction of sp³-hybridized carbons (Fsp3) is 0.353. The second kappa shape index (κ2) is 10.8. The Balaban J connectivity index is 0.00000312. The molecule has 1 unspecified atom stereocenters. The number of nitrogens with zero attached hydrogens (tertiary/aromatic N) is 1. The summed E-state index contributed by atoms with van der Waals surface area (Å²) in [5.74, 6) is -1.07. The molecule has 2 rings (SSSR count). The molecule has 1 heterocycles. The molecule has 136 valence electrons. The lowest BCUT2D eigenvalue weighted by atomic mass is 9.99. The van der Waals surface area contributed by atoms with Gasteiger partial charge < -0.3 is 15.8 Å². The number of carbonyl (C=O) groups excluding carboxylic acids is 2. The fourth-order valence-electron chi connectivity index (χ4n) is 2.21. The Morgan fingerprint density at radius 3 is 2.64 bits per heavy atom. The van der Waals surface area contributed by atoms with Gasteiger partial charge in [-0.15, -0.1) is 23.7 Å². The van der Waals surface area contributed by atoms with Crippen LogP contribution in [0, 0.1) is 5.92 Å². The summed E-state index contributed by atoms with van der Waals surface area (Å²) in [4.78, 5) is 28.4. The number of nitrogens with two attached hydrogens (primary N) is 1. The van der Waals surface area contributed by atoms with Gasteiger partial charge in [-0.3, -0.25) is 9.59 Å². The minimum absolute atomic E-state index is 0. The molecule has 0 aliphatic carbocycles. The largest absolute Gasteiger partial charge is 0.466 e. The van der Waals surface area contributed by atoms with Crippen LogP contribution in [-0.4, -0.2) is 30.0 Å². The molecule has 25 heavy (non-hydrogen) atoms. The number of esters is 1. The first-order valence-corrected chi connectivity index (χ1v) is 8.65. The highest BCUT2D eigenvalue weighted by molar-refractivity contribution is 7.09. The zero-order chi connectivity index (χ0) is 17.4. The topological polar surface area (TPSA) is 94.3 Å². The van der Waals surface area contributed by atoms with Gasteiger partial charge in [0.15, 0.2) is 0 Å². The molecule has 0 aliphatic heterocycles. The summed E-state index contributed by atoms with van der Waals surface area (Å²) in [5, 5.41) is 5.12. The molecule has 0 saturated carbocycles. The first kappa shape index (κ1) is 21.1. The molecule has 3 N–H and O–H groups in total. The maximum atomic E-state index is 12.2. The molecule has 0 radical (unpaired) electrons. The average molecular weight is 384 g/mol. The van der Waals surface area contributed by atoms with E-state index in [1.165, 1.54) is 11.3 Å². The summed E-state index contributed by atoms with van der Waals surface area (Å²) in [7, 11) is 0. The minimum Gasteiger partial charge on any atom is -0.466 e. The minimum atomic E-state index is -0.441. The van der Waals surface area contributed by atoms with Gasteiger partial charge in [-0.05, 0) is 18.9 Å². The van der Waals surface area contributed by atoms with Gasteiger partial charge in [-0.1, -0.05) is 30.3 Å². The highest BCUT2D eigenvalue weighted by atomic mass is 35.5. The molecule has 1 amide bonds. The maximum absolute atomic E-state index is 12.2. The summed E-state index contributed by atoms with van der Waals surface area (Å²) >= 11 is 1.34. The number of aromatic nitrogens is 1. The lowest BCUT2D eigenvalue weighted by molar-refractivity contribution is -0.147. The van der Waals surface area contributed by atoms with E-state index in [1.807, 2.05) is 30.3 Å². The number of thiazole rings is 1. The van der Waals surface area contributed by atoms with E-state index in [-0.39, 0.29) is 30.8 Å². The van der Waals surface area contributed by atoms with Crippen LogP contribution >= 0.6 is 23.7 Å². The Labute approximate surface area is 157 Å². The van der Waals surface area contributed by atoms with E-state index in [1.54, 1.807) is 12.3 Å². The highest BCUT2D eigenvalue weighted by Gasteiger charge is 2.22. The van der Waals surface area contributed by atoms with Crippen molar-refractivity contribution in [2.75, 3.05) is 13.2 Å². The third kappa shape index (κ3) is 6.45. The molecule has 1 aromatic heterocycles. The number of ether oxygens (including phenoxy) is 1. The van der Waals surface area contributed by atoms with Gasteiger partial charge in [0.2, 0.25) is 0 Å². The number of amides is 1. The van der Waals surface area contributed by atoms with E-state index in [4.69, 9.17) is 10.5 Å². The van der Waals surface area contributed by atoms with Crippen molar-refractivity contribution < 1.29 is 14.3 Å². The summed E-state index contributed by atoms with van der Waals surface area (Å²) in [6, 6.07) is 9.64. The van der Waals surface area contributed by atoms with E-state index in [0.717, 1.165) is 5.56 Å². The molecular weight excluding hydrogens is 362 g/mol. The second-order valence-corrected chi connectivity index (χ2v) is 6.12. The number of hydrogen-bond donors (Lipinski definition) is 2. The van der Waals surface area contributed by atoms with Gasteiger partial charge in [-0.2, -0.15) is 0 Å². The number of hydrogen-bond acceptors (Lipinski definition) is 6. The maximum Gasteiger partial charge on any atom is 0.311 e. The molecule has 8 heteroatoms. The van der Waals surface area contributed by atoms with Crippen LogP contribution < -0.4 is 11.1 Å². The number of benzene rings is 1. The first-order chi connectivity index (χ1) is 11.6. The van der Waals surface area contributed by atoms with Crippen LogP contribution in [0.15, 0.2) is 35.7 Å². The van der Waals surface area contributed by atoms with E-state index in [2.05, 4.69) is 10.3 Å². The second-order valence-electron chi connectivity index (χ2n) is 5.18.